The molecule has 0 saturated heterocycles. The van der Waals surface area contributed by atoms with Gasteiger partial charge < -0.3 is 10.6 Å². The summed E-state index contributed by atoms with van der Waals surface area (Å²) in [7, 11) is 0. The van der Waals surface area contributed by atoms with E-state index in [4.69, 9.17) is 0 Å². The fourth-order valence-electron chi connectivity index (χ4n) is 2.56. The van der Waals surface area contributed by atoms with Gasteiger partial charge in [0.2, 0.25) is 0 Å². The summed E-state index contributed by atoms with van der Waals surface area (Å²) in [5, 5.41) is 5.79. The summed E-state index contributed by atoms with van der Waals surface area (Å²) in [6.45, 7) is 5.33. The lowest BCUT2D eigenvalue weighted by atomic mass is 10.1. The van der Waals surface area contributed by atoms with Gasteiger partial charge in [0.15, 0.2) is 0 Å². The van der Waals surface area contributed by atoms with Crippen LogP contribution in [0.2, 0.25) is 0 Å². The summed E-state index contributed by atoms with van der Waals surface area (Å²) in [6, 6.07) is 14.8. The highest BCUT2D eigenvalue weighted by Crippen LogP contribution is 2.07. The van der Waals surface area contributed by atoms with Crippen molar-refractivity contribution in [1.29, 1.82) is 0 Å². The minimum atomic E-state index is -0.142. The Hall–Kier alpha value is -2.62. The topological polar surface area (TPSA) is 58.2 Å². The molecule has 2 N–H and O–H groups in total. The van der Waals surface area contributed by atoms with Crippen molar-refractivity contribution in [3.63, 3.8) is 0 Å². The Morgan fingerprint density at radius 1 is 0.880 bits per heavy atom. The molecule has 0 fully saturated rings. The summed E-state index contributed by atoms with van der Waals surface area (Å²) >= 11 is 0. The summed E-state index contributed by atoms with van der Waals surface area (Å²) in [5.41, 5.74) is 3.36. The van der Waals surface area contributed by atoms with Gasteiger partial charge in [0.05, 0.1) is 0 Å². The molecule has 0 aliphatic carbocycles. The number of carbonyl (C=O) groups excluding carboxylic acids is 2. The lowest BCUT2D eigenvalue weighted by Crippen LogP contribution is -2.25. The highest BCUT2D eigenvalue weighted by Gasteiger charge is 2.08. The lowest BCUT2D eigenvalue weighted by Gasteiger charge is -2.08. The molecule has 0 bridgehead atoms. The average molecular weight is 338 g/mol. The largest absolute Gasteiger partial charge is 0.352 e. The van der Waals surface area contributed by atoms with E-state index in [1.54, 1.807) is 24.3 Å². The molecule has 2 rings (SSSR count). The molecule has 4 nitrogen and oxygen atoms in total. The first kappa shape index (κ1) is 18.7. The number of benzene rings is 2. The molecule has 0 heterocycles. The van der Waals surface area contributed by atoms with E-state index >= 15 is 0 Å². The van der Waals surface area contributed by atoms with Crippen molar-refractivity contribution in [2.45, 2.75) is 39.7 Å². The average Bonchev–Trinajstić information content (AvgIpc) is 2.63. The van der Waals surface area contributed by atoms with E-state index < -0.39 is 0 Å². The first-order chi connectivity index (χ1) is 12.1. The van der Waals surface area contributed by atoms with E-state index in [9.17, 15) is 9.59 Å². The van der Waals surface area contributed by atoms with E-state index in [2.05, 4.69) is 17.6 Å². The monoisotopic (exact) mass is 338 g/mol. The van der Waals surface area contributed by atoms with Crippen LogP contribution in [-0.2, 0) is 6.54 Å². The molecule has 0 unspecified atom stereocenters. The summed E-state index contributed by atoms with van der Waals surface area (Å²) in [6.07, 6.45) is 3.23. The van der Waals surface area contributed by atoms with E-state index in [1.807, 2.05) is 31.2 Å². The third-order valence-electron chi connectivity index (χ3n) is 4.01. The number of amides is 2. The molecule has 2 aromatic carbocycles. The molecule has 2 amide bonds. The zero-order chi connectivity index (χ0) is 18.1. The van der Waals surface area contributed by atoms with Crippen LogP contribution in [0.5, 0.6) is 0 Å². The van der Waals surface area contributed by atoms with Gasteiger partial charge in [0.25, 0.3) is 11.8 Å². The van der Waals surface area contributed by atoms with Crippen molar-refractivity contribution in [2.75, 3.05) is 6.54 Å². The molecule has 0 aliphatic rings. The number of unbranched alkanes of at least 4 members (excludes halogenated alkanes) is 2. The van der Waals surface area contributed by atoms with Gasteiger partial charge >= 0.3 is 0 Å². The highest BCUT2D eigenvalue weighted by atomic mass is 16.2. The Labute approximate surface area is 149 Å². The number of hydrogen-bond donors (Lipinski definition) is 2. The third-order valence-corrected chi connectivity index (χ3v) is 4.01. The maximum absolute atomic E-state index is 12.2. The maximum atomic E-state index is 12.2. The number of carbonyl (C=O) groups is 2. The van der Waals surface area contributed by atoms with Crippen LogP contribution in [0.3, 0.4) is 0 Å². The standard InChI is InChI=1S/C21H26N2O2/c1-3-4-5-13-22-20(24)18-9-11-19(12-10-18)21(25)23-15-17-8-6-7-16(2)14-17/h6-12,14H,3-5,13,15H2,1-2H3,(H,22,24)(H,23,25). The van der Waals surface area contributed by atoms with E-state index in [-0.39, 0.29) is 11.8 Å². The van der Waals surface area contributed by atoms with Crippen molar-refractivity contribution < 1.29 is 9.59 Å². The van der Waals surface area contributed by atoms with Gasteiger partial charge in [-0.15, -0.1) is 0 Å². The van der Waals surface area contributed by atoms with Crippen molar-refractivity contribution >= 4 is 11.8 Å². The molecule has 132 valence electrons. The third kappa shape index (κ3) is 6.07. The van der Waals surface area contributed by atoms with Crippen LogP contribution in [0.15, 0.2) is 48.5 Å². The molecule has 0 aliphatic heterocycles. The Bertz CT molecular complexity index is 708. The minimum Gasteiger partial charge on any atom is -0.352 e. The Morgan fingerprint density at radius 2 is 1.52 bits per heavy atom. The fourth-order valence-corrected chi connectivity index (χ4v) is 2.56. The molecular weight excluding hydrogens is 312 g/mol. The Balaban J connectivity index is 1.86. The van der Waals surface area contributed by atoms with Crippen molar-refractivity contribution in [3.05, 3.63) is 70.8 Å². The van der Waals surface area contributed by atoms with Crippen LogP contribution in [0.1, 0.15) is 58.0 Å². The number of nitrogens with one attached hydrogen (secondary N) is 2. The molecule has 0 saturated carbocycles. The van der Waals surface area contributed by atoms with Crippen LogP contribution >= 0.6 is 0 Å². The Morgan fingerprint density at radius 3 is 2.12 bits per heavy atom. The van der Waals surface area contributed by atoms with Crippen LogP contribution in [0.4, 0.5) is 0 Å². The van der Waals surface area contributed by atoms with Gasteiger partial charge in [-0.05, 0) is 43.2 Å². The smallest absolute Gasteiger partial charge is 0.251 e. The van der Waals surface area contributed by atoms with E-state index in [1.165, 1.54) is 5.56 Å². The van der Waals surface area contributed by atoms with Crippen molar-refractivity contribution in [3.8, 4) is 0 Å². The van der Waals surface area contributed by atoms with Crippen LogP contribution in [0.25, 0.3) is 0 Å². The first-order valence-corrected chi connectivity index (χ1v) is 8.82. The maximum Gasteiger partial charge on any atom is 0.251 e. The predicted molar refractivity (Wildman–Crippen MR) is 101 cm³/mol. The SMILES string of the molecule is CCCCCNC(=O)c1ccc(C(=O)NCc2cccc(C)c2)cc1. The van der Waals surface area contributed by atoms with Crippen molar-refractivity contribution in [1.82, 2.24) is 10.6 Å². The molecule has 25 heavy (non-hydrogen) atoms. The molecule has 0 spiro atoms. The molecule has 4 heteroatoms. The molecule has 2 aromatic rings. The predicted octanol–water partition coefficient (Wildman–Crippen LogP) is 3.85. The second kappa shape index (κ2) is 9.62. The second-order valence-electron chi connectivity index (χ2n) is 6.21. The van der Waals surface area contributed by atoms with Gasteiger partial charge in [-0.1, -0.05) is 49.6 Å². The molecule has 0 atom stereocenters. The first-order valence-electron chi connectivity index (χ1n) is 8.82. The zero-order valence-corrected chi connectivity index (χ0v) is 15.0. The van der Waals surface area contributed by atoms with Crippen molar-refractivity contribution in [2.24, 2.45) is 0 Å². The van der Waals surface area contributed by atoms with Gasteiger partial charge in [0.1, 0.15) is 0 Å². The normalized spacial score (nSPS) is 10.3. The number of rotatable bonds is 8. The van der Waals surface area contributed by atoms with Crippen LogP contribution < -0.4 is 10.6 Å². The van der Waals surface area contributed by atoms with Gasteiger partial charge in [-0.25, -0.2) is 0 Å². The molecule has 0 aromatic heterocycles. The second-order valence-corrected chi connectivity index (χ2v) is 6.21. The van der Waals surface area contributed by atoms with Crippen LogP contribution in [0, 0.1) is 6.92 Å². The number of aryl methyl sites for hydroxylation is 1. The Kier molecular flexibility index (Phi) is 7.20. The fraction of sp³-hybridized carbons (Fsp3) is 0.333. The number of hydrogen-bond acceptors (Lipinski definition) is 2. The minimum absolute atomic E-state index is 0.0946. The van der Waals surface area contributed by atoms with E-state index in [0.717, 1.165) is 24.8 Å². The van der Waals surface area contributed by atoms with Gasteiger partial charge in [-0.2, -0.15) is 0 Å². The quantitative estimate of drug-likeness (QED) is 0.718. The van der Waals surface area contributed by atoms with E-state index in [0.29, 0.717) is 24.2 Å². The molecular formula is C21H26N2O2. The summed E-state index contributed by atoms with van der Waals surface area (Å²) < 4.78 is 0. The molecule has 0 radical (unpaired) electrons. The zero-order valence-electron chi connectivity index (χ0n) is 15.0. The summed E-state index contributed by atoms with van der Waals surface area (Å²) in [5.74, 6) is -0.237. The van der Waals surface area contributed by atoms with Gasteiger partial charge in [-0.3, -0.25) is 9.59 Å². The summed E-state index contributed by atoms with van der Waals surface area (Å²) in [4.78, 5) is 24.2. The van der Waals surface area contributed by atoms with Gasteiger partial charge in [0, 0.05) is 24.2 Å². The highest BCUT2D eigenvalue weighted by molar-refractivity contribution is 5.97. The lowest BCUT2D eigenvalue weighted by molar-refractivity contribution is 0.0940. The van der Waals surface area contributed by atoms with Crippen LogP contribution in [-0.4, -0.2) is 18.4 Å².